The Labute approximate surface area is 279 Å². The molecule has 5 aromatic carbocycles. The van der Waals surface area contributed by atoms with Crippen molar-refractivity contribution in [2.75, 3.05) is 0 Å². The molecule has 11 nitrogen and oxygen atoms in total. The maximum Gasteiger partial charge on any atom is 0.349 e. The zero-order chi connectivity index (χ0) is 33.8. The molecule has 2 unspecified atom stereocenters. The smallest absolute Gasteiger partial charge is 0.349 e. The van der Waals surface area contributed by atoms with Crippen molar-refractivity contribution in [3.63, 3.8) is 0 Å². The van der Waals surface area contributed by atoms with Crippen molar-refractivity contribution in [1.29, 1.82) is 0 Å². The van der Waals surface area contributed by atoms with E-state index < -0.39 is 23.0 Å². The average molecular weight is 662 g/mol. The van der Waals surface area contributed by atoms with E-state index in [9.17, 15) is 24.8 Å². The third kappa shape index (κ3) is 7.01. The number of amides is 1. The molecule has 0 saturated carbocycles. The first-order chi connectivity index (χ1) is 23.2. The van der Waals surface area contributed by atoms with Crippen LogP contribution < -0.4 is 10.1 Å². The number of halogens is 1. The summed E-state index contributed by atoms with van der Waals surface area (Å²) in [5.74, 6) is -1.16. The lowest BCUT2D eigenvalue weighted by atomic mass is 10.0. The number of benzene rings is 5. The standard InChI is InChI=1S/C36H28ClN5O6/c1-22(23-11-14-29(15-12-23)42(46)47)38-35(43)27-13-18-33-32(20-27)39-40-41(33)21-28-19-30(16-17-31(28)37)48-34(36(44)45)26-9-7-25(8-10-26)24-5-3-2-4-6-24/h2-20,22,34H,21H2,1H3,(H,38,43)(H,44,45). The van der Waals surface area contributed by atoms with Crippen LogP contribution in [0.2, 0.25) is 5.02 Å². The molecule has 0 spiro atoms. The van der Waals surface area contributed by atoms with Crippen molar-refractivity contribution in [1.82, 2.24) is 20.3 Å². The molecule has 6 rings (SSSR count). The van der Waals surface area contributed by atoms with E-state index in [2.05, 4.69) is 15.6 Å². The Bertz CT molecular complexity index is 2120. The monoisotopic (exact) mass is 661 g/mol. The summed E-state index contributed by atoms with van der Waals surface area (Å²) < 4.78 is 7.58. The molecule has 1 amide bonds. The second kappa shape index (κ2) is 13.7. The number of carbonyl (C=O) groups is 2. The van der Waals surface area contributed by atoms with Gasteiger partial charge in [-0.25, -0.2) is 9.48 Å². The van der Waals surface area contributed by atoms with E-state index in [0.29, 0.717) is 38.5 Å². The van der Waals surface area contributed by atoms with E-state index in [-0.39, 0.29) is 18.1 Å². The predicted molar refractivity (Wildman–Crippen MR) is 180 cm³/mol. The van der Waals surface area contributed by atoms with Crippen molar-refractivity contribution in [3.8, 4) is 16.9 Å². The molecule has 0 aliphatic heterocycles. The summed E-state index contributed by atoms with van der Waals surface area (Å²) in [5, 5.41) is 32.7. The minimum absolute atomic E-state index is 0.0270. The van der Waals surface area contributed by atoms with Crippen LogP contribution in [0.3, 0.4) is 0 Å². The lowest BCUT2D eigenvalue weighted by Gasteiger charge is -2.17. The number of aliphatic carboxylic acids is 1. The Balaban J connectivity index is 1.16. The number of nitrogens with zero attached hydrogens (tertiary/aromatic N) is 4. The molecular formula is C36H28ClN5O6. The molecule has 2 N–H and O–H groups in total. The summed E-state index contributed by atoms with van der Waals surface area (Å²) in [6.07, 6.45) is -1.25. The second-order valence-electron chi connectivity index (χ2n) is 11.1. The van der Waals surface area contributed by atoms with Gasteiger partial charge in [-0.2, -0.15) is 0 Å². The van der Waals surface area contributed by atoms with E-state index in [1.807, 2.05) is 42.5 Å². The van der Waals surface area contributed by atoms with Crippen LogP contribution in [-0.2, 0) is 11.3 Å². The third-order valence-corrected chi connectivity index (χ3v) is 8.23. The van der Waals surface area contributed by atoms with Crippen LogP contribution >= 0.6 is 11.6 Å². The molecule has 0 bridgehead atoms. The highest BCUT2D eigenvalue weighted by molar-refractivity contribution is 6.31. The summed E-state index contributed by atoms with van der Waals surface area (Å²) >= 11 is 6.53. The number of carbonyl (C=O) groups excluding carboxylic acids is 1. The fourth-order valence-electron chi connectivity index (χ4n) is 5.26. The van der Waals surface area contributed by atoms with Crippen LogP contribution in [0.15, 0.2) is 115 Å². The van der Waals surface area contributed by atoms with E-state index in [4.69, 9.17) is 16.3 Å². The number of aromatic nitrogens is 3. The molecule has 240 valence electrons. The number of ether oxygens (including phenoxy) is 1. The van der Waals surface area contributed by atoms with Gasteiger partial charge in [-0.15, -0.1) is 5.10 Å². The van der Waals surface area contributed by atoms with E-state index in [0.717, 1.165) is 16.7 Å². The van der Waals surface area contributed by atoms with Gasteiger partial charge in [0.2, 0.25) is 6.10 Å². The minimum Gasteiger partial charge on any atom is -0.478 e. The highest BCUT2D eigenvalue weighted by Crippen LogP contribution is 2.30. The number of nitrogens with one attached hydrogen (secondary N) is 1. The fourth-order valence-corrected chi connectivity index (χ4v) is 5.44. The van der Waals surface area contributed by atoms with Gasteiger partial charge in [0.1, 0.15) is 11.3 Å². The molecule has 48 heavy (non-hydrogen) atoms. The van der Waals surface area contributed by atoms with Crippen molar-refractivity contribution in [2.24, 2.45) is 0 Å². The Morgan fingerprint density at radius 3 is 2.29 bits per heavy atom. The summed E-state index contributed by atoms with van der Waals surface area (Å²) in [6, 6.07) is 32.5. The van der Waals surface area contributed by atoms with Crippen LogP contribution in [0.5, 0.6) is 5.75 Å². The number of non-ortho nitro benzene ring substituents is 1. The van der Waals surface area contributed by atoms with Crippen molar-refractivity contribution in [3.05, 3.63) is 153 Å². The first-order valence-corrected chi connectivity index (χ1v) is 15.3. The number of fused-ring (bicyclic) bond motifs is 1. The van der Waals surface area contributed by atoms with Gasteiger partial charge in [0.15, 0.2) is 0 Å². The number of carboxylic acid groups (broad SMARTS) is 1. The van der Waals surface area contributed by atoms with Crippen LogP contribution in [0, 0.1) is 10.1 Å². The van der Waals surface area contributed by atoms with E-state index in [1.54, 1.807) is 72.3 Å². The molecule has 12 heteroatoms. The van der Waals surface area contributed by atoms with Gasteiger partial charge in [-0.1, -0.05) is 83.5 Å². The van der Waals surface area contributed by atoms with Gasteiger partial charge >= 0.3 is 5.97 Å². The molecule has 0 fully saturated rings. The maximum absolute atomic E-state index is 13.0. The number of carboxylic acids is 1. The van der Waals surface area contributed by atoms with Crippen LogP contribution in [0.1, 0.15) is 46.1 Å². The number of hydrogen-bond donors (Lipinski definition) is 2. The minimum atomic E-state index is -1.25. The molecule has 0 aliphatic rings. The van der Waals surface area contributed by atoms with E-state index in [1.165, 1.54) is 12.1 Å². The zero-order valence-corrected chi connectivity index (χ0v) is 26.2. The van der Waals surface area contributed by atoms with Crippen molar-refractivity contribution >= 4 is 40.2 Å². The van der Waals surface area contributed by atoms with Crippen molar-refractivity contribution in [2.45, 2.75) is 25.6 Å². The van der Waals surface area contributed by atoms with Gasteiger partial charge < -0.3 is 15.2 Å². The molecule has 1 aromatic heterocycles. The summed E-state index contributed by atoms with van der Waals surface area (Å²) in [4.78, 5) is 35.7. The first kappa shape index (κ1) is 31.9. The lowest BCUT2D eigenvalue weighted by Crippen LogP contribution is -2.26. The molecule has 0 radical (unpaired) electrons. The predicted octanol–water partition coefficient (Wildman–Crippen LogP) is 7.40. The lowest BCUT2D eigenvalue weighted by molar-refractivity contribution is -0.384. The number of hydrogen-bond acceptors (Lipinski definition) is 7. The Morgan fingerprint density at radius 1 is 0.917 bits per heavy atom. The molecule has 1 heterocycles. The zero-order valence-electron chi connectivity index (χ0n) is 25.5. The molecule has 0 aliphatic carbocycles. The molecule has 0 saturated heterocycles. The second-order valence-corrected chi connectivity index (χ2v) is 11.5. The number of nitro benzene ring substituents is 1. The SMILES string of the molecule is CC(NC(=O)c1ccc2c(c1)nnn2Cc1cc(OC(C(=O)O)c2ccc(-c3ccccc3)cc2)ccc1Cl)c1ccc([N+](=O)[O-])cc1. The number of rotatable bonds is 11. The quantitative estimate of drug-likeness (QED) is 0.108. The van der Waals surface area contributed by atoms with Gasteiger partial charge in [0, 0.05) is 28.3 Å². The first-order valence-electron chi connectivity index (χ1n) is 14.9. The topological polar surface area (TPSA) is 149 Å². The highest BCUT2D eigenvalue weighted by Gasteiger charge is 2.23. The molecule has 2 atom stereocenters. The van der Waals surface area contributed by atoms with Gasteiger partial charge in [0.25, 0.3) is 11.6 Å². The number of nitro groups is 1. The van der Waals surface area contributed by atoms with Crippen LogP contribution in [-0.4, -0.2) is 36.9 Å². The summed E-state index contributed by atoms with van der Waals surface area (Å²) in [6.45, 7) is 1.99. The Morgan fingerprint density at radius 2 is 1.60 bits per heavy atom. The largest absolute Gasteiger partial charge is 0.478 e. The third-order valence-electron chi connectivity index (χ3n) is 7.86. The van der Waals surface area contributed by atoms with Crippen LogP contribution in [0.4, 0.5) is 5.69 Å². The summed E-state index contributed by atoms with van der Waals surface area (Å²) in [5.41, 5.74) is 5.30. The maximum atomic E-state index is 13.0. The highest BCUT2D eigenvalue weighted by atomic mass is 35.5. The van der Waals surface area contributed by atoms with E-state index >= 15 is 0 Å². The fraction of sp³-hybridized carbons (Fsp3) is 0.111. The normalized spacial score (nSPS) is 12.3. The Hall–Kier alpha value is -6.07. The van der Waals surface area contributed by atoms with Gasteiger partial charge in [-0.3, -0.25) is 14.9 Å². The summed E-state index contributed by atoms with van der Waals surface area (Å²) in [7, 11) is 0. The van der Waals surface area contributed by atoms with Gasteiger partial charge in [0.05, 0.1) is 23.0 Å². The van der Waals surface area contributed by atoms with Crippen molar-refractivity contribution < 1.29 is 24.4 Å². The van der Waals surface area contributed by atoms with Crippen LogP contribution in [0.25, 0.3) is 22.2 Å². The Kier molecular flexibility index (Phi) is 9.13. The van der Waals surface area contributed by atoms with Gasteiger partial charge in [-0.05, 0) is 65.6 Å². The average Bonchev–Trinajstić information content (AvgIpc) is 3.50. The molecule has 6 aromatic rings. The molecular weight excluding hydrogens is 634 g/mol.